The van der Waals surface area contributed by atoms with E-state index >= 15 is 0 Å². The van der Waals surface area contributed by atoms with Gasteiger partial charge in [0, 0.05) is 10.9 Å². The average molecular weight is 205 g/mol. The van der Waals surface area contributed by atoms with Gasteiger partial charge in [0.15, 0.2) is 0 Å². The largest absolute Gasteiger partial charge is 0.0840 e. The van der Waals surface area contributed by atoms with E-state index in [-0.39, 0.29) is 0 Å². The first kappa shape index (κ1) is 9.54. The maximum atomic E-state index is 6.20. The van der Waals surface area contributed by atoms with Crippen molar-refractivity contribution in [2.75, 3.05) is 0 Å². The lowest BCUT2D eigenvalue weighted by molar-refractivity contribution is 0.853. The third-order valence-electron chi connectivity index (χ3n) is 2.54. The minimum absolute atomic E-state index is 0.452. The van der Waals surface area contributed by atoms with Crippen molar-refractivity contribution in [1.82, 2.24) is 0 Å². The lowest BCUT2D eigenvalue weighted by atomic mass is 9.92. The molecule has 0 heterocycles. The predicted molar refractivity (Wildman–Crippen MR) is 61.8 cm³/mol. The molecule has 0 radical (unpaired) electrons. The maximum absolute atomic E-state index is 6.20. The second kappa shape index (κ2) is 4.02. The number of hydrogen-bond donors (Lipinski definition) is 0. The van der Waals surface area contributed by atoms with Gasteiger partial charge in [-0.05, 0) is 30.5 Å². The SMILES string of the molecule is Cc1ccc(C2C=CC=CC2)c(Cl)c1. The summed E-state index contributed by atoms with van der Waals surface area (Å²) in [5.74, 6) is 0.452. The van der Waals surface area contributed by atoms with Gasteiger partial charge in [0.25, 0.3) is 0 Å². The first-order valence-electron chi connectivity index (χ1n) is 4.87. The van der Waals surface area contributed by atoms with Crippen LogP contribution in [0.3, 0.4) is 0 Å². The van der Waals surface area contributed by atoms with E-state index < -0.39 is 0 Å². The van der Waals surface area contributed by atoms with Gasteiger partial charge in [0.1, 0.15) is 0 Å². The van der Waals surface area contributed by atoms with Crippen LogP contribution in [0, 0.1) is 6.92 Å². The fraction of sp³-hybridized carbons (Fsp3) is 0.231. The second-order valence-corrected chi connectivity index (χ2v) is 4.09. The van der Waals surface area contributed by atoms with Crippen molar-refractivity contribution in [3.8, 4) is 0 Å². The Morgan fingerprint density at radius 2 is 2.14 bits per heavy atom. The van der Waals surface area contributed by atoms with E-state index in [0.717, 1.165) is 11.4 Å². The number of allylic oxidation sites excluding steroid dienone is 4. The van der Waals surface area contributed by atoms with E-state index in [9.17, 15) is 0 Å². The van der Waals surface area contributed by atoms with Crippen molar-refractivity contribution in [1.29, 1.82) is 0 Å². The number of aryl methyl sites for hydroxylation is 1. The summed E-state index contributed by atoms with van der Waals surface area (Å²) in [6, 6.07) is 6.28. The zero-order valence-corrected chi connectivity index (χ0v) is 8.96. The minimum atomic E-state index is 0.452. The highest BCUT2D eigenvalue weighted by atomic mass is 35.5. The molecule has 0 N–H and O–H groups in total. The van der Waals surface area contributed by atoms with Crippen LogP contribution >= 0.6 is 11.6 Å². The summed E-state index contributed by atoms with van der Waals surface area (Å²) in [4.78, 5) is 0. The monoisotopic (exact) mass is 204 g/mol. The fourth-order valence-corrected chi connectivity index (χ4v) is 2.12. The van der Waals surface area contributed by atoms with Gasteiger partial charge in [-0.25, -0.2) is 0 Å². The summed E-state index contributed by atoms with van der Waals surface area (Å²) in [5, 5.41) is 0.884. The molecule has 72 valence electrons. The third-order valence-corrected chi connectivity index (χ3v) is 2.86. The van der Waals surface area contributed by atoms with Gasteiger partial charge in [0.2, 0.25) is 0 Å². The van der Waals surface area contributed by atoms with Crippen molar-refractivity contribution in [3.63, 3.8) is 0 Å². The van der Waals surface area contributed by atoms with Crippen molar-refractivity contribution in [2.24, 2.45) is 0 Å². The van der Waals surface area contributed by atoms with E-state index in [1.807, 2.05) is 6.07 Å². The van der Waals surface area contributed by atoms with Gasteiger partial charge in [0.05, 0.1) is 0 Å². The van der Waals surface area contributed by atoms with Gasteiger partial charge in [-0.3, -0.25) is 0 Å². The van der Waals surface area contributed by atoms with Gasteiger partial charge >= 0.3 is 0 Å². The molecule has 0 saturated heterocycles. The van der Waals surface area contributed by atoms with Crippen LogP contribution in [0.15, 0.2) is 42.5 Å². The molecule has 0 aromatic heterocycles. The van der Waals surface area contributed by atoms with Crippen molar-refractivity contribution < 1.29 is 0 Å². The first-order chi connectivity index (χ1) is 6.77. The third kappa shape index (κ3) is 1.91. The van der Waals surface area contributed by atoms with Gasteiger partial charge in [-0.1, -0.05) is 48.0 Å². The van der Waals surface area contributed by atoms with Crippen molar-refractivity contribution >= 4 is 11.6 Å². The number of benzene rings is 1. The Kier molecular flexibility index (Phi) is 2.74. The highest BCUT2D eigenvalue weighted by molar-refractivity contribution is 6.31. The van der Waals surface area contributed by atoms with Gasteiger partial charge in [-0.2, -0.15) is 0 Å². The maximum Gasteiger partial charge on any atom is 0.0446 e. The molecule has 0 aliphatic heterocycles. The molecule has 0 amide bonds. The topological polar surface area (TPSA) is 0 Å². The number of halogens is 1. The normalized spacial score (nSPS) is 20.0. The molecule has 1 heteroatoms. The van der Waals surface area contributed by atoms with Crippen LogP contribution in [0.4, 0.5) is 0 Å². The molecule has 0 nitrogen and oxygen atoms in total. The minimum Gasteiger partial charge on any atom is -0.0840 e. The highest BCUT2D eigenvalue weighted by Gasteiger charge is 2.11. The van der Waals surface area contributed by atoms with Crippen LogP contribution in [0.25, 0.3) is 0 Å². The molecule has 1 unspecified atom stereocenters. The number of hydrogen-bond acceptors (Lipinski definition) is 0. The zero-order chi connectivity index (χ0) is 9.97. The molecule has 1 aromatic carbocycles. The molecular weight excluding hydrogens is 192 g/mol. The molecule has 1 aliphatic rings. The standard InChI is InChI=1S/C13H13Cl/c1-10-7-8-12(13(14)9-10)11-5-3-2-4-6-11/h2-5,7-9,11H,6H2,1H3. The van der Waals surface area contributed by atoms with Gasteiger partial charge in [-0.15, -0.1) is 0 Å². The highest BCUT2D eigenvalue weighted by Crippen LogP contribution is 2.30. The Hall–Kier alpha value is -1.01. The quantitative estimate of drug-likeness (QED) is 0.642. The molecule has 0 bridgehead atoms. The summed E-state index contributed by atoms with van der Waals surface area (Å²) in [5.41, 5.74) is 2.45. The predicted octanol–water partition coefficient (Wildman–Crippen LogP) is 4.25. The van der Waals surface area contributed by atoms with E-state index in [1.165, 1.54) is 11.1 Å². The van der Waals surface area contributed by atoms with Crippen LogP contribution in [0.5, 0.6) is 0 Å². The van der Waals surface area contributed by atoms with Crippen LogP contribution < -0.4 is 0 Å². The summed E-state index contributed by atoms with van der Waals surface area (Å²) >= 11 is 6.20. The van der Waals surface area contributed by atoms with E-state index in [2.05, 4.69) is 43.4 Å². The molecule has 14 heavy (non-hydrogen) atoms. The average Bonchev–Trinajstić information content (AvgIpc) is 2.19. The molecule has 2 rings (SSSR count). The molecule has 0 spiro atoms. The van der Waals surface area contributed by atoms with E-state index in [0.29, 0.717) is 5.92 Å². The Morgan fingerprint density at radius 1 is 1.29 bits per heavy atom. The van der Waals surface area contributed by atoms with E-state index in [4.69, 9.17) is 11.6 Å². The molecule has 1 aromatic rings. The Morgan fingerprint density at radius 3 is 2.79 bits per heavy atom. The smallest absolute Gasteiger partial charge is 0.0446 e. The van der Waals surface area contributed by atoms with Crippen molar-refractivity contribution in [3.05, 3.63) is 58.7 Å². The van der Waals surface area contributed by atoms with Crippen LogP contribution in [-0.4, -0.2) is 0 Å². The lowest BCUT2D eigenvalue weighted by Gasteiger charge is -2.15. The van der Waals surface area contributed by atoms with Crippen molar-refractivity contribution in [2.45, 2.75) is 19.3 Å². The van der Waals surface area contributed by atoms with Gasteiger partial charge < -0.3 is 0 Å². The summed E-state index contributed by atoms with van der Waals surface area (Å²) < 4.78 is 0. The number of rotatable bonds is 1. The molecular formula is C13H13Cl. The molecule has 0 saturated carbocycles. The molecule has 1 aliphatic carbocycles. The Labute approximate surface area is 89.9 Å². The van der Waals surface area contributed by atoms with Crippen LogP contribution in [0.1, 0.15) is 23.5 Å². The Bertz CT molecular complexity index is 388. The molecule has 1 atom stereocenters. The zero-order valence-electron chi connectivity index (χ0n) is 8.20. The van der Waals surface area contributed by atoms with Crippen LogP contribution in [-0.2, 0) is 0 Å². The lowest BCUT2D eigenvalue weighted by Crippen LogP contribution is -1.97. The van der Waals surface area contributed by atoms with Crippen LogP contribution in [0.2, 0.25) is 5.02 Å². The second-order valence-electron chi connectivity index (χ2n) is 3.68. The summed E-state index contributed by atoms with van der Waals surface area (Å²) in [6.45, 7) is 2.06. The summed E-state index contributed by atoms with van der Waals surface area (Å²) in [6.07, 6.45) is 9.61. The Balaban J connectivity index is 2.32. The molecule has 0 fully saturated rings. The first-order valence-corrected chi connectivity index (χ1v) is 5.24. The van der Waals surface area contributed by atoms with E-state index in [1.54, 1.807) is 0 Å². The fourth-order valence-electron chi connectivity index (χ4n) is 1.74. The summed E-state index contributed by atoms with van der Waals surface area (Å²) in [7, 11) is 0.